The Morgan fingerprint density at radius 3 is 1.87 bits per heavy atom. The van der Waals surface area contributed by atoms with Crippen molar-refractivity contribution >= 4 is 16.8 Å². The van der Waals surface area contributed by atoms with Gasteiger partial charge in [-0.25, -0.2) is 0 Å². The lowest BCUT2D eigenvalue weighted by molar-refractivity contribution is 0.105. The Morgan fingerprint density at radius 2 is 1.26 bits per heavy atom. The molecule has 1 atom stereocenters. The molecule has 7 rings (SSSR count). The maximum Gasteiger partial charge on any atom is 0.178 e. The van der Waals surface area contributed by atoms with Crippen molar-refractivity contribution in [3.8, 4) is 16.9 Å². The van der Waals surface area contributed by atoms with Gasteiger partial charge in [-0.05, 0) is 80.0 Å². The van der Waals surface area contributed by atoms with Crippen molar-refractivity contribution in [1.82, 2.24) is 0 Å². The Labute approximate surface area is 230 Å². The predicted octanol–water partition coefficient (Wildman–Crippen LogP) is 8.66. The summed E-state index contributed by atoms with van der Waals surface area (Å²) < 4.78 is 7.30. The van der Waals surface area contributed by atoms with Gasteiger partial charge in [0.15, 0.2) is 5.60 Å². The van der Waals surface area contributed by atoms with Crippen LogP contribution in [0.5, 0.6) is 5.75 Å². The Bertz CT molecular complexity index is 1770. The topological polar surface area (TPSA) is 29.5 Å². The Morgan fingerprint density at radius 1 is 0.692 bits per heavy atom. The highest BCUT2D eigenvalue weighted by Crippen LogP contribution is 2.57. The van der Waals surface area contributed by atoms with Crippen LogP contribution >= 0.6 is 0 Å². The summed E-state index contributed by atoms with van der Waals surface area (Å²) in [6, 6.07) is 30.0. The lowest BCUT2D eigenvalue weighted by Crippen LogP contribution is -2.35. The van der Waals surface area contributed by atoms with Gasteiger partial charge < -0.3 is 9.84 Å². The molecule has 192 valence electrons. The first-order chi connectivity index (χ1) is 18.7. The minimum absolute atomic E-state index is 0.800. The van der Waals surface area contributed by atoms with Crippen molar-refractivity contribution in [1.29, 1.82) is 0 Å². The number of benzene rings is 5. The second-order valence-corrected chi connectivity index (χ2v) is 11.5. The molecule has 5 aromatic rings. The summed E-state index contributed by atoms with van der Waals surface area (Å²) in [6.07, 6.45) is 4.36. The lowest BCUT2D eigenvalue weighted by atomic mass is 9.80. The van der Waals surface area contributed by atoms with E-state index >= 15 is 0 Å². The van der Waals surface area contributed by atoms with Crippen LogP contribution in [-0.4, -0.2) is 5.11 Å². The van der Waals surface area contributed by atoms with Crippen LogP contribution in [0.15, 0.2) is 91.0 Å². The SMILES string of the molecule is Cc1ccc(C2(c3ccc(C)cc3)C=Cc3c4c(c5cc(C)c(C)cc5c3O2)-c2ccccc2C4(C)O)cc1. The summed E-state index contributed by atoms with van der Waals surface area (Å²) in [7, 11) is 0. The van der Waals surface area contributed by atoms with Crippen LogP contribution in [0, 0.1) is 27.7 Å². The monoisotopic (exact) mass is 508 g/mol. The zero-order valence-corrected chi connectivity index (χ0v) is 23.1. The molecular formula is C37H32O2. The molecule has 1 N–H and O–H groups in total. The van der Waals surface area contributed by atoms with Gasteiger partial charge in [0.05, 0.1) is 0 Å². The van der Waals surface area contributed by atoms with Crippen LogP contribution < -0.4 is 4.74 Å². The summed E-state index contributed by atoms with van der Waals surface area (Å²) in [5, 5.41) is 14.3. The molecule has 1 aliphatic carbocycles. The van der Waals surface area contributed by atoms with Gasteiger partial charge in [0.1, 0.15) is 11.4 Å². The molecule has 39 heavy (non-hydrogen) atoms. The van der Waals surface area contributed by atoms with Crippen molar-refractivity contribution < 1.29 is 9.84 Å². The molecular weight excluding hydrogens is 476 g/mol. The second kappa shape index (κ2) is 8.18. The van der Waals surface area contributed by atoms with E-state index in [9.17, 15) is 5.11 Å². The van der Waals surface area contributed by atoms with Gasteiger partial charge in [0.2, 0.25) is 0 Å². The standard InChI is InChI=1S/C37H32O2/c1-22-10-14-26(15-11-22)37(27-16-12-23(2)13-17-27)19-18-29-34-33(28-8-6-7-9-32(28)36(34,5)38)30-20-24(3)25(4)21-31(30)35(29)39-37/h6-21,38H,1-5H3. The van der Waals surface area contributed by atoms with Crippen LogP contribution in [0.1, 0.15) is 57.0 Å². The highest BCUT2D eigenvalue weighted by Gasteiger charge is 2.45. The second-order valence-electron chi connectivity index (χ2n) is 11.5. The first-order valence-electron chi connectivity index (χ1n) is 13.7. The van der Waals surface area contributed by atoms with Crippen molar-refractivity contribution in [3.63, 3.8) is 0 Å². The van der Waals surface area contributed by atoms with E-state index in [1.54, 1.807) is 0 Å². The van der Waals surface area contributed by atoms with Crippen molar-refractivity contribution in [2.24, 2.45) is 0 Å². The fraction of sp³-hybridized carbons (Fsp3) is 0.189. The molecule has 0 spiro atoms. The number of aryl methyl sites for hydroxylation is 4. The molecule has 0 bridgehead atoms. The summed E-state index contributed by atoms with van der Waals surface area (Å²) >= 11 is 0. The van der Waals surface area contributed by atoms with Gasteiger partial charge >= 0.3 is 0 Å². The molecule has 1 heterocycles. The number of fused-ring (bicyclic) bond motifs is 8. The van der Waals surface area contributed by atoms with E-state index in [0.29, 0.717) is 0 Å². The minimum atomic E-state index is -1.13. The third kappa shape index (κ3) is 3.31. The molecule has 0 fully saturated rings. The first-order valence-corrected chi connectivity index (χ1v) is 13.7. The van der Waals surface area contributed by atoms with E-state index in [1.807, 2.05) is 19.1 Å². The third-order valence-corrected chi connectivity index (χ3v) is 8.83. The molecule has 0 saturated heterocycles. The van der Waals surface area contributed by atoms with E-state index in [0.717, 1.165) is 55.5 Å². The summed E-state index contributed by atoms with van der Waals surface area (Å²) in [5.41, 5.74) is 10.1. The molecule has 1 unspecified atom stereocenters. The quantitative estimate of drug-likeness (QED) is 0.258. The molecule has 0 aromatic heterocycles. The lowest BCUT2D eigenvalue weighted by Gasteiger charge is -2.38. The zero-order valence-electron chi connectivity index (χ0n) is 23.1. The average Bonchev–Trinajstić information content (AvgIpc) is 3.17. The van der Waals surface area contributed by atoms with Gasteiger partial charge in [0, 0.05) is 27.6 Å². The van der Waals surface area contributed by atoms with Crippen molar-refractivity contribution in [3.05, 3.63) is 141 Å². The van der Waals surface area contributed by atoms with Gasteiger partial charge in [-0.1, -0.05) is 96.1 Å². The zero-order chi connectivity index (χ0) is 27.1. The highest BCUT2D eigenvalue weighted by molar-refractivity contribution is 6.08. The van der Waals surface area contributed by atoms with Crippen LogP contribution in [0.4, 0.5) is 0 Å². The van der Waals surface area contributed by atoms with Crippen LogP contribution in [0.2, 0.25) is 0 Å². The summed E-state index contributed by atoms with van der Waals surface area (Å²) in [5.74, 6) is 0.823. The summed E-state index contributed by atoms with van der Waals surface area (Å²) in [4.78, 5) is 0. The smallest absolute Gasteiger partial charge is 0.178 e. The molecule has 2 nitrogen and oxygen atoms in total. The van der Waals surface area contributed by atoms with E-state index in [1.165, 1.54) is 22.3 Å². The number of hydrogen-bond donors (Lipinski definition) is 1. The van der Waals surface area contributed by atoms with E-state index < -0.39 is 11.2 Å². The van der Waals surface area contributed by atoms with E-state index in [2.05, 4.69) is 113 Å². The molecule has 1 aliphatic heterocycles. The number of aliphatic hydroxyl groups is 1. The van der Waals surface area contributed by atoms with Crippen LogP contribution in [0.3, 0.4) is 0 Å². The Kier molecular flexibility index (Phi) is 5.02. The molecule has 2 aliphatic rings. The maximum atomic E-state index is 12.1. The average molecular weight is 509 g/mol. The van der Waals surface area contributed by atoms with Gasteiger partial charge in [-0.15, -0.1) is 0 Å². The molecule has 0 amide bonds. The molecule has 0 saturated carbocycles. The number of ether oxygens (including phenoxy) is 1. The van der Waals surface area contributed by atoms with Crippen LogP contribution in [-0.2, 0) is 11.2 Å². The largest absolute Gasteiger partial charge is 0.472 e. The highest BCUT2D eigenvalue weighted by atomic mass is 16.5. The van der Waals surface area contributed by atoms with E-state index in [-0.39, 0.29) is 0 Å². The van der Waals surface area contributed by atoms with Crippen molar-refractivity contribution in [2.75, 3.05) is 0 Å². The fourth-order valence-electron chi connectivity index (χ4n) is 6.53. The number of hydrogen-bond acceptors (Lipinski definition) is 2. The van der Waals surface area contributed by atoms with Gasteiger partial charge in [-0.2, -0.15) is 0 Å². The third-order valence-electron chi connectivity index (χ3n) is 8.83. The molecule has 2 heteroatoms. The molecule has 5 aromatic carbocycles. The summed E-state index contributed by atoms with van der Waals surface area (Å²) in [6.45, 7) is 10.4. The first kappa shape index (κ1) is 23.9. The van der Waals surface area contributed by atoms with Crippen LogP contribution in [0.25, 0.3) is 28.0 Å². The Balaban J connectivity index is 1.59. The molecule has 0 radical (unpaired) electrons. The Hall–Kier alpha value is -4.14. The maximum absolute atomic E-state index is 12.1. The van der Waals surface area contributed by atoms with Gasteiger partial charge in [-0.3, -0.25) is 0 Å². The normalized spacial score (nSPS) is 18.4. The van der Waals surface area contributed by atoms with E-state index in [4.69, 9.17) is 4.74 Å². The fourth-order valence-corrected chi connectivity index (χ4v) is 6.53. The predicted molar refractivity (Wildman–Crippen MR) is 160 cm³/mol. The van der Waals surface area contributed by atoms with Gasteiger partial charge in [0.25, 0.3) is 0 Å². The van der Waals surface area contributed by atoms with Crippen molar-refractivity contribution in [2.45, 2.75) is 45.8 Å². The number of rotatable bonds is 2. The minimum Gasteiger partial charge on any atom is -0.472 e.